The lowest BCUT2D eigenvalue weighted by Crippen LogP contribution is -2.11. The molecule has 0 fully saturated rings. The second-order valence-electron chi connectivity index (χ2n) is 2.38. The second kappa shape index (κ2) is 2.57. The molecule has 2 rings (SSSR count). The Kier molecular flexibility index (Phi) is 1.55. The average molecular weight is 178 g/mol. The van der Waals surface area contributed by atoms with Crippen molar-refractivity contribution >= 4 is 27.3 Å². The second-order valence-corrected chi connectivity index (χ2v) is 3.33. The standard InChI is InChI=1S/C8H6N2OS/c9-8(11)6-3-10-4-7-5(6)1-2-12-7/h1-4H,(H2,9,11). The van der Waals surface area contributed by atoms with Crippen molar-refractivity contribution in [3.63, 3.8) is 0 Å². The lowest BCUT2D eigenvalue weighted by Gasteiger charge is -1.95. The van der Waals surface area contributed by atoms with Crippen LogP contribution in [-0.2, 0) is 0 Å². The summed E-state index contributed by atoms with van der Waals surface area (Å²) in [6.45, 7) is 0. The quantitative estimate of drug-likeness (QED) is 0.717. The van der Waals surface area contributed by atoms with Gasteiger partial charge in [-0.05, 0) is 11.4 Å². The van der Waals surface area contributed by atoms with E-state index in [1.807, 2.05) is 11.4 Å². The van der Waals surface area contributed by atoms with Gasteiger partial charge in [-0.3, -0.25) is 9.78 Å². The third kappa shape index (κ3) is 0.967. The van der Waals surface area contributed by atoms with E-state index in [1.165, 1.54) is 6.20 Å². The highest BCUT2D eigenvalue weighted by atomic mass is 32.1. The van der Waals surface area contributed by atoms with Gasteiger partial charge in [-0.25, -0.2) is 0 Å². The van der Waals surface area contributed by atoms with Gasteiger partial charge in [-0.1, -0.05) is 0 Å². The molecule has 2 N–H and O–H groups in total. The summed E-state index contributed by atoms with van der Waals surface area (Å²) in [5.74, 6) is -0.425. The van der Waals surface area contributed by atoms with E-state index >= 15 is 0 Å². The summed E-state index contributed by atoms with van der Waals surface area (Å²) < 4.78 is 0.992. The molecular formula is C8H6N2OS. The van der Waals surface area contributed by atoms with E-state index in [4.69, 9.17) is 5.73 Å². The molecule has 0 radical (unpaired) electrons. The van der Waals surface area contributed by atoms with Gasteiger partial charge in [-0.2, -0.15) is 0 Å². The third-order valence-corrected chi connectivity index (χ3v) is 2.50. The van der Waals surface area contributed by atoms with E-state index in [2.05, 4.69) is 4.98 Å². The number of carbonyl (C=O) groups is 1. The molecule has 0 saturated carbocycles. The molecule has 2 aromatic rings. The van der Waals surface area contributed by atoms with E-state index in [-0.39, 0.29) is 0 Å². The number of aromatic nitrogens is 1. The smallest absolute Gasteiger partial charge is 0.250 e. The highest BCUT2D eigenvalue weighted by Crippen LogP contribution is 2.22. The molecule has 0 spiro atoms. The van der Waals surface area contributed by atoms with Crippen LogP contribution < -0.4 is 5.73 Å². The maximum atomic E-state index is 10.9. The minimum absolute atomic E-state index is 0.425. The van der Waals surface area contributed by atoms with Gasteiger partial charge < -0.3 is 5.73 Å². The van der Waals surface area contributed by atoms with Crippen molar-refractivity contribution in [1.29, 1.82) is 0 Å². The Bertz CT molecular complexity index is 435. The van der Waals surface area contributed by atoms with Crippen LogP contribution >= 0.6 is 11.3 Å². The van der Waals surface area contributed by atoms with Crippen LogP contribution in [0.3, 0.4) is 0 Å². The minimum Gasteiger partial charge on any atom is -0.366 e. The zero-order chi connectivity index (χ0) is 8.55. The van der Waals surface area contributed by atoms with Crippen LogP contribution in [0, 0.1) is 0 Å². The molecule has 4 heteroatoms. The van der Waals surface area contributed by atoms with Crippen LogP contribution in [0.1, 0.15) is 10.4 Å². The van der Waals surface area contributed by atoms with Gasteiger partial charge in [0.05, 0.1) is 10.3 Å². The number of nitrogens with zero attached hydrogens (tertiary/aromatic N) is 1. The summed E-state index contributed by atoms with van der Waals surface area (Å²) in [5, 5.41) is 2.81. The molecule has 1 amide bonds. The monoisotopic (exact) mass is 178 g/mol. The number of pyridine rings is 1. The van der Waals surface area contributed by atoms with Gasteiger partial charge >= 0.3 is 0 Å². The molecule has 2 heterocycles. The molecule has 0 aromatic carbocycles. The van der Waals surface area contributed by atoms with Crippen molar-refractivity contribution in [3.05, 3.63) is 29.4 Å². The Labute approximate surface area is 72.8 Å². The van der Waals surface area contributed by atoms with Gasteiger partial charge in [0.1, 0.15) is 0 Å². The van der Waals surface area contributed by atoms with E-state index in [0.29, 0.717) is 5.56 Å². The van der Waals surface area contributed by atoms with Crippen LogP contribution in [0.4, 0.5) is 0 Å². The molecular weight excluding hydrogens is 172 g/mol. The number of thiophene rings is 1. The molecule has 0 saturated heterocycles. The molecule has 0 unspecified atom stereocenters. The first-order valence-corrected chi connectivity index (χ1v) is 4.28. The lowest BCUT2D eigenvalue weighted by atomic mass is 10.2. The van der Waals surface area contributed by atoms with Crippen molar-refractivity contribution in [2.75, 3.05) is 0 Å². The Morgan fingerprint density at radius 2 is 2.33 bits per heavy atom. The first kappa shape index (κ1) is 7.24. The Balaban J connectivity index is 2.82. The molecule has 3 nitrogen and oxygen atoms in total. The van der Waals surface area contributed by atoms with Crippen molar-refractivity contribution in [1.82, 2.24) is 4.98 Å². The number of nitrogens with two attached hydrogens (primary N) is 1. The number of rotatable bonds is 1. The molecule has 12 heavy (non-hydrogen) atoms. The molecule has 0 atom stereocenters. The number of primary amides is 1. The summed E-state index contributed by atoms with van der Waals surface area (Å²) in [6, 6.07) is 1.88. The molecule has 0 aliphatic carbocycles. The fourth-order valence-corrected chi connectivity index (χ4v) is 1.87. The van der Waals surface area contributed by atoms with Crippen molar-refractivity contribution in [2.24, 2.45) is 5.73 Å². The Hall–Kier alpha value is -1.42. The third-order valence-electron chi connectivity index (χ3n) is 1.65. The van der Waals surface area contributed by atoms with Crippen molar-refractivity contribution in [3.8, 4) is 0 Å². The average Bonchev–Trinajstić information content (AvgIpc) is 2.49. The number of fused-ring (bicyclic) bond motifs is 1. The summed E-state index contributed by atoms with van der Waals surface area (Å²) in [5.41, 5.74) is 5.66. The van der Waals surface area contributed by atoms with Gasteiger partial charge in [0, 0.05) is 17.8 Å². The maximum Gasteiger partial charge on any atom is 0.250 e. The van der Waals surface area contributed by atoms with Crippen LogP contribution in [0.5, 0.6) is 0 Å². The van der Waals surface area contributed by atoms with Gasteiger partial charge in [-0.15, -0.1) is 11.3 Å². The Morgan fingerprint density at radius 3 is 3.08 bits per heavy atom. The predicted octanol–water partition coefficient (Wildman–Crippen LogP) is 1.40. The van der Waals surface area contributed by atoms with E-state index in [0.717, 1.165) is 10.1 Å². The molecule has 2 aromatic heterocycles. The van der Waals surface area contributed by atoms with Gasteiger partial charge in [0.2, 0.25) is 0 Å². The topological polar surface area (TPSA) is 56.0 Å². The van der Waals surface area contributed by atoms with Crippen LogP contribution in [-0.4, -0.2) is 10.9 Å². The van der Waals surface area contributed by atoms with E-state index in [9.17, 15) is 4.79 Å². The van der Waals surface area contributed by atoms with Crippen LogP contribution in [0.2, 0.25) is 0 Å². The normalized spacial score (nSPS) is 10.3. The number of hydrogen-bond acceptors (Lipinski definition) is 3. The maximum absolute atomic E-state index is 10.9. The zero-order valence-electron chi connectivity index (χ0n) is 6.15. The summed E-state index contributed by atoms with van der Waals surface area (Å²) in [7, 11) is 0. The minimum atomic E-state index is -0.425. The first-order chi connectivity index (χ1) is 5.79. The lowest BCUT2D eigenvalue weighted by molar-refractivity contribution is 0.100. The fourth-order valence-electron chi connectivity index (χ4n) is 1.09. The zero-order valence-corrected chi connectivity index (χ0v) is 6.97. The molecule has 0 aliphatic heterocycles. The number of hydrogen-bond donors (Lipinski definition) is 1. The summed E-state index contributed by atoms with van der Waals surface area (Å²) >= 11 is 1.55. The summed E-state index contributed by atoms with van der Waals surface area (Å²) in [4.78, 5) is 14.8. The van der Waals surface area contributed by atoms with Gasteiger partial charge in [0.25, 0.3) is 5.91 Å². The Morgan fingerprint density at radius 1 is 1.50 bits per heavy atom. The van der Waals surface area contributed by atoms with Gasteiger partial charge in [0.15, 0.2) is 0 Å². The first-order valence-electron chi connectivity index (χ1n) is 3.40. The van der Waals surface area contributed by atoms with Crippen molar-refractivity contribution < 1.29 is 4.79 Å². The highest BCUT2D eigenvalue weighted by molar-refractivity contribution is 7.17. The van der Waals surface area contributed by atoms with Crippen LogP contribution in [0.15, 0.2) is 23.8 Å². The van der Waals surface area contributed by atoms with E-state index < -0.39 is 5.91 Å². The molecule has 60 valence electrons. The highest BCUT2D eigenvalue weighted by Gasteiger charge is 2.06. The molecule has 0 bridgehead atoms. The largest absolute Gasteiger partial charge is 0.366 e. The summed E-state index contributed by atoms with van der Waals surface area (Å²) in [6.07, 6.45) is 3.23. The SMILES string of the molecule is NC(=O)c1cncc2sccc12. The van der Waals surface area contributed by atoms with E-state index in [1.54, 1.807) is 17.5 Å². The number of amides is 1. The predicted molar refractivity (Wildman–Crippen MR) is 48.1 cm³/mol. The fraction of sp³-hybridized carbons (Fsp3) is 0. The van der Waals surface area contributed by atoms with Crippen molar-refractivity contribution in [2.45, 2.75) is 0 Å². The molecule has 0 aliphatic rings. The van der Waals surface area contributed by atoms with Crippen LogP contribution in [0.25, 0.3) is 10.1 Å². The number of carbonyl (C=O) groups excluding carboxylic acids is 1.